The lowest BCUT2D eigenvalue weighted by atomic mass is 10.2. The summed E-state index contributed by atoms with van der Waals surface area (Å²) in [6.45, 7) is 0. The quantitative estimate of drug-likeness (QED) is 0.667. The van der Waals surface area contributed by atoms with Gasteiger partial charge in [-0.2, -0.15) is 9.65 Å². The number of benzene rings is 1. The molecule has 1 aromatic carbocycles. The lowest BCUT2D eigenvalue weighted by Crippen LogP contribution is -1.97. The van der Waals surface area contributed by atoms with E-state index in [0.29, 0.717) is 22.6 Å². The van der Waals surface area contributed by atoms with Crippen LogP contribution < -0.4 is 0 Å². The molecule has 20 heavy (non-hydrogen) atoms. The van der Waals surface area contributed by atoms with Gasteiger partial charge in [-0.15, -0.1) is 5.10 Å². The van der Waals surface area contributed by atoms with Crippen LogP contribution in [0.1, 0.15) is 5.56 Å². The monoisotopic (exact) mass is 265 g/mol. The van der Waals surface area contributed by atoms with Gasteiger partial charge in [-0.1, -0.05) is 23.4 Å². The van der Waals surface area contributed by atoms with Gasteiger partial charge in [0.15, 0.2) is 0 Å². The van der Waals surface area contributed by atoms with Gasteiger partial charge in [-0.05, 0) is 24.3 Å². The molecule has 2 heterocycles. The molecule has 0 saturated heterocycles. The van der Waals surface area contributed by atoms with Crippen LogP contribution in [0.25, 0.3) is 17.1 Å². The van der Waals surface area contributed by atoms with E-state index >= 15 is 0 Å². The predicted molar refractivity (Wildman–Crippen MR) is 69.3 cm³/mol. The summed E-state index contributed by atoms with van der Waals surface area (Å²) < 4.78 is 14.6. The summed E-state index contributed by atoms with van der Waals surface area (Å²) in [5.41, 5.74) is 1.93. The Labute approximate surface area is 113 Å². The summed E-state index contributed by atoms with van der Waals surface area (Å²) in [6, 6.07) is 13.6. The molecule has 0 N–H and O–H groups in total. The van der Waals surface area contributed by atoms with Crippen LogP contribution in [-0.2, 0) is 0 Å². The van der Waals surface area contributed by atoms with E-state index < -0.39 is 5.95 Å². The van der Waals surface area contributed by atoms with E-state index in [0.717, 1.165) is 0 Å². The number of rotatable bonds is 2. The molecule has 6 heteroatoms. The van der Waals surface area contributed by atoms with Crippen LogP contribution in [0.4, 0.5) is 4.39 Å². The Hall–Kier alpha value is -3.07. The van der Waals surface area contributed by atoms with Gasteiger partial charge < -0.3 is 0 Å². The maximum atomic E-state index is 13.1. The van der Waals surface area contributed by atoms with Gasteiger partial charge >= 0.3 is 0 Å². The topological polar surface area (TPSA) is 67.4 Å². The maximum absolute atomic E-state index is 13.1. The third-order valence-electron chi connectivity index (χ3n) is 2.74. The molecule has 5 nitrogen and oxygen atoms in total. The Kier molecular flexibility index (Phi) is 2.94. The van der Waals surface area contributed by atoms with Gasteiger partial charge in [0.1, 0.15) is 11.8 Å². The molecule has 3 aromatic rings. The van der Waals surface area contributed by atoms with E-state index in [1.165, 1.54) is 10.7 Å². The fourth-order valence-corrected chi connectivity index (χ4v) is 1.82. The molecule has 3 rings (SSSR count). The summed E-state index contributed by atoms with van der Waals surface area (Å²) >= 11 is 0. The van der Waals surface area contributed by atoms with Gasteiger partial charge in [-0.25, -0.2) is 9.67 Å². The van der Waals surface area contributed by atoms with Crippen molar-refractivity contribution < 1.29 is 4.39 Å². The highest BCUT2D eigenvalue weighted by atomic mass is 19.1. The summed E-state index contributed by atoms with van der Waals surface area (Å²) in [6.07, 6.45) is 1.61. The van der Waals surface area contributed by atoms with Crippen LogP contribution in [-0.4, -0.2) is 20.0 Å². The van der Waals surface area contributed by atoms with E-state index in [9.17, 15) is 4.39 Å². The lowest BCUT2D eigenvalue weighted by Gasteiger charge is -2.01. The Balaban J connectivity index is 2.05. The van der Waals surface area contributed by atoms with E-state index in [1.54, 1.807) is 42.6 Å². The molecule has 0 amide bonds. The molecular weight excluding hydrogens is 257 g/mol. The highest BCUT2D eigenvalue weighted by molar-refractivity contribution is 5.54. The third kappa shape index (κ3) is 2.12. The third-order valence-corrected chi connectivity index (χ3v) is 2.74. The lowest BCUT2D eigenvalue weighted by molar-refractivity contribution is 0.585. The number of halogens is 1. The van der Waals surface area contributed by atoms with Crippen LogP contribution in [0.5, 0.6) is 0 Å². The minimum Gasteiger partial charge on any atom is -0.219 e. The second-order valence-corrected chi connectivity index (χ2v) is 4.02. The number of pyridine rings is 1. The van der Waals surface area contributed by atoms with Gasteiger partial charge in [0.25, 0.3) is 0 Å². The molecule has 0 unspecified atom stereocenters. The standard InChI is InChI=1S/C14H8FN5/c15-14-7-3-5-11(17-14)12-9-20(19-18-12)13-6-2-1-4-10(13)8-16/h1-7,9H. The van der Waals surface area contributed by atoms with Crippen molar-refractivity contribution in [2.45, 2.75) is 0 Å². The van der Waals surface area contributed by atoms with Crippen molar-refractivity contribution in [2.24, 2.45) is 0 Å². The molecule has 0 aliphatic carbocycles. The van der Waals surface area contributed by atoms with Crippen molar-refractivity contribution in [3.63, 3.8) is 0 Å². The van der Waals surface area contributed by atoms with Crippen LogP contribution in [0.15, 0.2) is 48.7 Å². The summed E-state index contributed by atoms with van der Waals surface area (Å²) in [5.74, 6) is -0.575. The second-order valence-electron chi connectivity index (χ2n) is 4.02. The highest BCUT2D eigenvalue weighted by Gasteiger charge is 2.09. The summed E-state index contributed by atoms with van der Waals surface area (Å²) in [7, 11) is 0. The van der Waals surface area contributed by atoms with E-state index in [-0.39, 0.29) is 0 Å². The van der Waals surface area contributed by atoms with Crippen molar-refractivity contribution >= 4 is 0 Å². The zero-order valence-corrected chi connectivity index (χ0v) is 10.2. The summed E-state index contributed by atoms with van der Waals surface area (Å²) in [5, 5.41) is 17.0. The molecule has 0 fully saturated rings. The van der Waals surface area contributed by atoms with Crippen LogP contribution in [0.2, 0.25) is 0 Å². The molecule has 0 aliphatic rings. The van der Waals surface area contributed by atoms with Gasteiger partial charge in [0.2, 0.25) is 5.95 Å². The largest absolute Gasteiger partial charge is 0.219 e. The van der Waals surface area contributed by atoms with E-state index in [1.807, 2.05) is 0 Å². The summed E-state index contributed by atoms with van der Waals surface area (Å²) in [4.78, 5) is 3.75. The zero-order chi connectivity index (χ0) is 13.9. The number of hydrogen-bond donors (Lipinski definition) is 0. The Bertz CT molecular complexity index is 803. The second kappa shape index (κ2) is 4.90. The number of aromatic nitrogens is 4. The highest BCUT2D eigenvalue weighted by Crippen LogP contribution is 2.17. The van der Waals surface area contributed by atoms with Crippen molar-refractivity contribution in [1.29, 1.82) is 5.26 Å². The number of nitriles is 1. The van der Waals surface area contributed by atoms with Crippen molar-refractivity contribution in [3.05, 3.63) is 60.2 Å². The normalized spacial score (nSPS) is 10.2. The molecule has 0 bridgehead atoms. The first kappa shape index (κ1) is 12.0. The number of hydrogen-bond acceptors (Lipinski definition) is 4. The van der Waals surface area contributed by atoms with Crippen LogP contribution >= 0.6 is 0 Å². The molecule has 0 saturated carbocycles. The van der Waals surface area contributed by atoms with Crippen molar-refractivity contribution in [3.8, 4) is 23.1 Å². The fourth-order valence-electron chi connectivity index (χ4n) is 1.82. The minimum atomic E-state index is -0.575. The Morgan fingerprint density at radius 2 is 1.90 bits per heavy atom. The molecule has 0 radical (unpaired) electrons. The maximum Gasteiger partial charge on any atom is 0.213 e. The van der Waals surface area contributed by atoms with E-state index in [4.69, 9.17) is 5.26 Å². The molecule has 0 atom stereocenters. The minimum absolute atomic E-state index is 0.394. The molecular formula is C14H8FN5. The fraction of sp³-hybridized carbons (Fsp3) is 0. The van der Waals surface area contributed by atoms with Crippen LogP contribution in [0.3, 0.4) is 0 Å². The van der Waals surface area contributed by atoms with Crippen LogP contribution in [0, 0.1) is 17.3 Å². The number of para-hydroxylation sites is 1. The van der Waals surface area contributed by atoms with E-state index in [2.05, 4.69) is 21.4 Å². The SMILES string of the molecule is N#Cc1ccccc1-n1cc(-c2cccc(F)n2)nn1. The predicted octanol–water partition coefficient (Wildman–Crippen LogP) is 2.34. The first-order chi connectivity index (χ1) is 9.78. The first-order valence-corrected chi connectivity index (χ1v) is 5.83. The smallest absolute Gasteiger partial charge is 0.213 e. The molecule has 2 aromatic heterocycles. The van der Waals surface area contributed by atoms with Crippen molar-refractivity contribution in [1.82, 2.24) is 20.0 Å². The molecule has 96 valence electrons. The van der Waals surface area contributed by atoms with Gasteiger partial charge in [0, 0.05) is 0 Å². The Morgan fingerprint density at radius 1 is 1.05 bits per heavy atom. The van der Waals surface area contributed by atoms with Gasteiger partial charge in [0.05, 0.1) is 23.1 Å². The molecule has 0 spiro atoms. The molecule has 0 aliphatic heterocycles. The first-order valence-electron chi connectivity index (χ1n) is 5.83. The Morgan fingerprint density at radius 3 is 2.70 bits per heavy atom. The van der Waals surface area contributed by atoms with Crippen molar-refractivity contribution in [2.75, 3.05) is 0 Å². The van der Waals surface area contributed by atoms with Gasteiger partial charge in [-0.3, -0.25) is 0 Å². The zero-order valence-electron chi connectivity index (χ0n) is 10.2. The average molecular weight is 265 g/mol. The average Bonchev–Trinajstić information content (AvgIpc) is 2.97. The number of nitrogens with zero attached hydrogens (tertiary/aromatic N) is 5.